The maximum Gasteiger partial charge on any atom is 0.255 e. The van der Waals surface area contributed by atoms with Crippen LogP contribution in [0.15, 0.2) is 53.7 Å². The van der Waals surface area contributed by atoms with Crippen LogP contribution in [0.5, 0.6) is 0 Å². The number of nitriles is 1. The van der Waals surface area contributed by atoms with E-state index >= 15 is 0 Å². The minimum absolute atomic E-state index is 0.303. The van der Waals surface area contributed by atoms with Crippen LogP contribution in [0.25, 0.3) is 0 Å². The van der Waals surface area contributed by atoms with Crippen LogP contribution in [0.3, 0.4) is 0 Å². The zero-order valence-electron chi connectivity index (χ0n) is 11.4. The Morgan fingerprint density at radius 3 is 2.62 bits per heavy atom. The first-order valence-electron chi connectivity index (χ1n) is 6.24. The minimum Gasteiger partial charge on any atom is -0.411 e. The molecular formula is C16H13N3O2. The fourth-order valence-electron chi connectivity index (χ4n) is 1.81. The average Bonchev–Trinajstić information content (AvgIpc) is 2.54. The Balaban J connectivity index is 2.22. The largest absolute Gasteiger partial charge is 0.411 e. The molecule has 0 aliphatic carbocycles. The first kappa shape index (κ1) is 14.3. The molecule has 0 unspecified atom stereocenters. The third-order valence-electron chi connectivity index (χ3n) is 2.94. The van der Waals surface area contributed by atoms with Crippen molar-refractivity contribution in [1.29, 1.82) is 5.26 Å². The molecule has 0 bridgehead atoms. The number of nitrogens with one attached hydrogen (secondary N) is 1. The minimum atomic E-state index is -0.303. The van der Waals surface area contributed by atoms with Gasteiger partial charge in [-0.1, -0.05) is 23.4 Å². The Morgan fingerprint density at radius 1 is 1.19 bits per heavy atom. The predicted molar refractivity (Wildman–Crippen MR) is 79.5 cm³/mol. The number of hydrogen-bond donors (Lipinski definition) is 2. The van der Waals surface area contributed by atoms with Gasteiger partial charge < -0.3 is 10.5 Å². The number of amides is 1. The van der Waals surface area contributed by atoms with Gasteiger partial charge in [-0.05, 0) is 37.3 Å². The Bertz CT molecular complexity index is 745. The van der Waals surface area contributed by atoms with Gasteiger partial charge in [-0.2, -0.15) is 5.26 Å². The molecule has 104 valence electrons. The molecule has 2 rings (SSSR count). The van der Waals surface area contributed by atoms with E-state index in [0.29, 0.717) is 28.1 Å². The third kappa shape index (κ3) is 3.45. The van der Waals surface area contributed by atoms with Crippen LogP contribution in [0.1, 0.15) is 28.4 Å². The Labute approximate surface area is 122 Å². The highest BCUT2D eigenvalue weighted by Gasteiger charge is 2.07. The molecule has 21 heavy (non-hydrogen) atoms. The van der Waals surface area contributed by atoms with Crippen molar-refractivity contribution in [2.45, 2.75) is 6.92 Å². The summed E-state index contributed by atoms with van der Waals surface area (Å²) in [5.41, 5.74) is 2.59. The molecule has 5 heteroatoms. The van der Waals surface area contributed by atoms with Gasteiger partial charge in [0, 0.05) is 16.8 Å². The zero-order chi connectivity index (χ0) is 15.2. The highest BCUT2D eigenvalue weighted by Crippen LogP contribution is 2.14. The first-order chi connectivity index (χ1) is 10.1. The van der Waals surface area contributed by atoms with Crippen molar-refractivity contribution in [1.82, 2.24) is 0 Å². The molecule has 0 saturated carbocycles. The predicted octanol–water partition coefficient (Wildman–Crippen LogP) is 3.01. The van der Waals surface area contributed by atoms with Gasteiger partial charge in [0.25, 0.3) is 5.91 Å². The van der Waals surface area contributed by atoms with E-state index in [1.54, 1.807) is 49.4 Å². The van der Waals surface area contributed by atoms with E-state index in [9.17, 15) is 4.79 Å². The van der Waals surface area contributed by atoms with E-state index in [2.05, 4.69) is 10.5 Å². The smallest absolute Gasteiger partial charge is 0.255 e. The highest BCUT2D eigenvalue weighted by atomic mass is 16.4. The van der Waals surface area contributed by atoms with Gasteiger partial charge in [0.05, 0.1) is 17.3 Å². The second-order valence-corrected chi connectivity index (χ2v) is 4.41. The number of anilines is 1. The Hall–Kier alpha value is -3.13. The van der Waals surface area contributed by atoms with E-state index in [1.165, 1.54) is 6.07 Å². The quantitative estimate of drug-likeness (QED) is 0.514. The van der Waals surface area contributed by atoms with Crippen molar-refractivity contribution in [2.24, 2.45) is 5.16 Å². The van der Waals surface area contributed by atoms with Gasteiger partial charge in [-0.25, -0.2) is 0 Å². The van der Waals surface area contributed by atoms with Gasteiger partial charge in [0.1, 0.15) is 0 Å². The number of oxime groups is 1. The maximum absolute atomic E-state index is 12.1. The van der Waals surface area contributed by atoms with Crippen LogP contribution >= 0.6 is 0 Å². The standard InChI is InChI=1S/C16H13N3O2/c1-11(19-21)13-5-3-7-15(9-13)18-16(20)14-6-2-4-12(8-14)10-17/h2-9,21H,1H3,(H,18,20)/b19-11+. The topological polar surface area (TPSA) is 85.5 Å². The van der Waals surface area contributed by atoms with E-state index in [-0.39, 0.29) is 5.91 Å². The van der Waals surface area contributed by atoms with E-state index in [4.69, 9.17) is 10.5 Å². The van der Waals surface area contributed by atoms with Gasteiger partial charge in [0.2, 0.25) is 0 Å². The summed E-state index contributed by atoms with van der Waals surface area (Å²) in [4.78, 5) is 12.1. The summed E-state index contributed by atoms with van der Waals surface area (Å²) in [6, 6.07) is 15.4. The zero-order valence-corrected chi connectivity index (χ0v) is 11.4. The SMILES string of the molecule is C/C(=N\O)c1cccc(NC(=O)c2cccc(C#N)c2)c1. The summed E-state index contributed by atoms with van der Waals surface area (Å²) in [6.07, 6.45) is 0. The summed E-state index contributed by atoms with van der Waals surface area (Å²) in [7, 11) is 0. The molecule has 5 nitrogen and oxygen atoms in total. The van der Waals surface area contributed by atoms with Gasteiger partial charge in [-0.3, -0.25) is 4.79 Å². The van der Waals surface area contributed by atoms with E-state index < -0.39 is 0 Å². The molecule has 1 amide bonds. The molecule has 0 heterocycles. The molecule has 2 aromatic rings. The van der Waals surface area contributed by atoms with Crippen LogP contribution in [0, 0.1) is 11.3 Å². The normalized spacial score (nSPS) is 10.8. The molecule has 0 aromatic heterocycles. The molecule has 2 N–H and O–H groups in total. The van der Waals surface area contributed by atoms with Crippen LogP contribution in [-0.2, 0) is 0 Å². The lowest BCUT2D eigenvalue weighted by molar-refractivity contribution is 0.102. The van der Waals surface area contributed by atoms with Crippen molar-refractivity contribution >= 4 is 17.3 Å². The number of hydrogen-bond acceptors (Lipinski definition) is 4. The van der Waals surface area contributed by atoms with Crippen LogP contribution in [0.2, 0.25) is 0 Å². The molecule has 0 aliphatic heterocycles. The third-order valence-corrected chi connectivity index (χ3v) is 2.94. The number of benzene rings is 2. The number of carbonyl (C=O) groups is 1. The molecule has 2 aromatic carbocycles. The van der Waals surface area contributed by atoms with Crippen LogP contribution in [-0.4, -0.2) is 16.8 Å². The fourth-order valence-corrected chi connectivity index (χ4v) is 1.81. The lowest BCUT2D eigenvalue weighted by atomic mass is 10.1. The van der Waals surface area contributed by atoms with Gasteiger partial charge >= 0.3 is 0 Å². The van der Waals surface area contributed by atoms with E-state index in [1.807, 2.05) is 6.07 Å². The van der Waals surface area contributed by atoms with Gasteiger partial charge in [-0.15, -0.1) is 0 Å². The molecule has 0 saturated heterocycles. The molecular weight excluding hydrogens is 266 g/mol. The molecule has 0 spiro atoms. The van der Waals surface area contributed by atoms with E-state index in [0.717, 1.165) is 0 Å². The first-order valence-corrected chi connectivity index (χ1v) is 6.24. The molecule has 0 aliphatic rings. The Kier molecular flexibility index (Phi) is 4.32. The number of carbonyl (C=O) groups excluding carboxylic acids is 1. The second kappa shape index (κ2) is 6.35. The summed E-state index contributed by atoms with van der Waals surface area (Å²) >= 11 is 0. The lowest BCUT2D eigenvalue weighted by Gasteiger charge is -2.07. The second-order valence-electron chi connectivity index (χ2n) is 4.41. The van der Waals surface area contributed by atoms with Crippen molar-refractivity contribution in [2.75, 3.05) is 5.32 Å². The van der Waals surface area contributed by atoms with Crippen molar-refractivity contribution in [3.05, 3.63) is 65.2 Å². The molecule has 0 radical (unpaired) electrons. The maximum atomic E-state index is 12.1. The highest BCUT2D eigenvalue weighted by molar-refractivity contribution is 6.05. The summed E-state index contributed by atoms with van der Waals surface area (Å²) in [5.74, 6) is -0.303. The lowest BCUT2D eigenvalue weighted by Crippen LogP contribution is -2.12. The van der Waals surface area contributed by atoms with Crippen molar-refractivity contribution in [3.63, 3.8) is 0 Å². The molecule has 0 fully saturated rings. The summed E-state index contributed by atoms with van der Waals surface area (Å²) < 4.78 is 0. The van der Waals surface area contributed by atoms with Crippen LogP contribution in [0.4, 0.5) is 5.69 Å². The van der Waals surface area contributed by atoms with Crippen molar-refractivity contribution < 1.29 is 10.0 Å². The monoisotopic (exact) mass is 279 g/mol. The summed E-state index contributed by atoms with van der Waals surface area (Å²) in [6.45, 7) is 1.66. The summed E-state index contributed by atoms with van der Waals surface area (Å²) in [5, 5.41) is 23.5. The number of nitrogens with zero attached hydrogens (tertiary/aromatic N) is 2. The Morgan fingerprint density at radius 2 is 1.90 bits per heavy atom. The van der Waals surface area contributed by atoms with Gasteiger partial charge in [0.15, 0.2) is 0 Å². The average molecular weight is 279 g/mol. The number of rotatable bonds is 3. The fraction of sp³-hybridized carbons (Fsp3) is 0.0625. The van der Waals surface area contributed by atoms with Crippen LogP contribution < -0.4 is 5.32 Å². The van der Waals surface area contributed by atoms with Crippen molar-refractivity contribution in [3.8, 4) is 6.07 Å². The molecule has 0 atom stereocenters.